The number of hydrogen-bond acceptors (Lipinski definition) is 4. The number of hydrogen-bond donors (Lipinski definition) is 1. The van der Waals surface area contributed by atoms with E-state index in [4.69, 9.17) is 0 Å². The molecule has 0 radical (unpaired) electrons. The third-order valence-corrected chi connectivity index (χ3v) is 3.96. The van der Waals surface area contributed by atoms with Gasteiger partial charge in [-0.2, -0.15) is 13.2 Å². The van der Waals surface area contributed by atoms with Crippen LogP contribution in [0.4, 0.5) is 13.2 Å². The normalized spacial score (nSPS) is 14.3. The molecule has 2 rings (SSSR count). The minimum Gasteiger partial charge on any atom is -0.359 e. The smallest absolute Gasteiger partial charge is 0.359 e. The Balaban J connectivity index is 2.06. The minimum absolute atomic E-state index is 0.526. The Morgan fingerprint density at radius 3 is 2.77 bits per heavy atom. The third kappa shape index (κ3) is 4.08. The highest BCUT2D eigenvalue weighted by atomic mass is 32.1. The number of aromatic nitrogens is 1. The topological polar surface area (TPSA) is 55.6 Å². The summed E-state index contributed by atoms with van der Waals surface area (Å²) in [6.07, 6.45) is -5.71. The van der Waals surface area contributed by atoms with Gasteiger partial charge in [0.15, 0.2) is 0 Å². The van der Waals surface area contributed by atoms with E-state index in [9.17, 15) is 18.0 Å². The maximum atomic E-state index is 12.0. The first-order valence-corrected chi connectivity index (χ1v) is 7.16. The number of nitrogens with one attached hydrogen (secondary N) is 1. The minimum atomic E-state index is -4.47. The first-order chi connectivity index (χ1) is 10.3. The maximum Gasteiger partial charge on any atom is 0.411 e. The largest absolute Gasteiger partial charge is 0.411 e. The first kappa shape index (κ1) is 16.5. The zero-order chi connectivity index (χ0) is 16.3. The van der Waals surface area contributed by atoms with Crippen LogP contribution in [0.3, 0.4) is 0 Å². The van der Waals surface area contributed by atoms with Crippen LogP contribution in [0.1, 0.15) is 6.92 Å². The second-order valence-electron chi connectivity index (χ2n) is 4.57. The van der Waals surface area contributed by atoms with Gasteiger partial charge in [0, 0.05) is 7.05 Å². The second-order valence-corrected chi connectivity index (χ2v) is 5.58. The number of alkyl halides is 3. The second kappa shape index (κ2) is 6.49. The van der Waals surface area contributed by atoms with Gasteiger partial charge in [-0.1, -0.05) is 23.5 Å². The molecule has 0 aliphatic heterocycles. The van der Waals surface area contributed by atoms with Gasteiger partial charge in [-0.3, -0.25) is 4.79 Å². The Morgan fingerprint density at radius 2 is 2.14 bits per heavy atom. The fraction of sp³-hybridized carbons (Fsp3) is 0.385. The van der Waals surface area contributed by atoms with Crippen molar-refractivity contribution in [2.24, 2.45) is 12.1 Å². The van der Waals surface area contributed by atoms with Crippen LogP contribution in [-0.4, -0.2) is 29.4 Å². The fourth-order valence-electron chi connectivity index (χ4n) is 1.68. The third-order valence-electron chi connectivity index (χ3n) is 2.84. The van der Waals surface area contributed by atoms with E-state index >= 15 is 0 Å². The molecule has 0 bridgehead atoms. The van der Waals surface area contributed by atoms with E-state index in [0.29, 0.717) is 4.80 Å². The van der Waals surface area contributed by atoms with Crippen molar-refractivity contribution in [2.45, 2.75) is 19.2 Å². The van der Waals surface area contributed by atoms with E-state index in [1.807, 2.05) is 24.3 Å². The van der Waals surface area contributed by atoms with E-state index in [-0.39, 0.29) is 0 Å². The number of ether oxygens (including phenoxy) is 1. The molecule has 1 heterocycles. The molecule has 1 unspecified atom stereocenters. The van der Waals surface area contributed by atoms with Crippen LogP contribution in [0.2, 0.25) is 0 Å². The molecule has 22 heavy (non-hydrogen) atoms. The lowest BCUT2D eigenvalue weighted by Crippen LogP contribution is -2.35. The van der Waals surface area contributed by atoms with Gasteiger partial charge in [-0.15, -0.1) is 5.10 Å². The highest BCUT2D eigenvalue weighted by Crippen LogP contribution is 2.16. The molecule has 1 amide bonds. The summed E-state index contributed by atoms with van der Waals surface area (Å²) < 4.78 is 43.3. The lowest BCUT2D eigenvalue weighted by atomic mass is 10.3. The number of amides is 1. The SMILES string of the molecule is CC(OCC(F)(F)F)C(=O)NN=c1sc2ccccc2n1C. The number of rotatable bonds is 4. The highest BCUT2D eigenvalue weighted by Gasteiger charge is 2.29. The number of para-hydroxylation sites is 1. The summed E-state index contributed by atoms with van der Waals surface area (Å²) in [5.74, 6) is -0.735. The Hall–Kier alpha value is -1.87. The van der Waals surface area contributed by atoms with E-state index in [0.717, 1.165) is 10.2 Å². The zero-order valence-electron chi connectivity index (χ0n) is 11.8. The highest BCUT2D eigenvalue weighted by molar-refractivity contribution is 7.16. The molecule has 0 spiro atoms. The number of nitrogens with zero attached hydrogens (tertiary/aromatic N) is 2. The van der Waals surface area contributed by atoms with Crippen LogP contribution in [0.15, 0.2) is 29.4 Å². The van der Waals surface area contributed by atoms with E-state index < -0.39 is 24.8 Å². The predicted octanol–water partition coefficient (Wildman–Crippen LogP) is 2.14. The number of aryl methyl sites for hydroxylation is 1. The molecule has 5 nitrogen and oxygen atoms in total. The van der Waals surface area contributed by atoms with E-state index in [1.54, 1.807) is 11.6 Å². The first-order valence-electron chi connectivity index (χ1n) is 6.34. The monoisotopic (exact) mass is 333 g/mol. The molecule has 9 heteroatoms. The van der Waals surface area contributed by atoms with Gasteiger partial charge in [0.1, 0.15) is 12.7 Å². The fourth-order valence-corrected chi connectivity index (χ4v) is 2.66. The molecule has 0 fully saturated rings. The Bertz CT molecular complexity index is 736. The number of fused-ring (bicyclic) bond motifs is 1. The molecule has 0 aliphatic rings. The van der Waals surface area contributed by atoms with Crippen molar-refractivity contribution in [3.8, 4) is 0 Å². The molecular weight excluding hydrogens is 319 g/mol. The number of halogens is 3. The number of carbonyl (C=O) groups excluding carboxylic acids is 1. The Morgan fingerprint density at radius 1 is 1.45 bits per heavy atom. The molecule has 0 saturated carbocycles. The number of carbonyl (C=O) groups is 1. The predicted molar refractivity (Wildman–Crippen MR) is 76.0 cm³/mol. The van der Waals surface area contributed by atoms with Crippen LogP contribution in [-0.2, 0) is 16.6 Å². The van der Waals surface area contributed by atoms with Gasteiger partial charge in [0.25, 0.3) is 5.91 Å². The van der Waals surface area contributed by atoms with Gasteiger partial charge < -0.3 is 9.30 Å². The van der Waals surface area contributed by atoms with Crippen LogP contribution in [0.5, 0.6) is 0 Å². The van der Waals surface area contributed by atoms with E-state index in [1.165, 1.54) is 18.3 Å². The standard InChI is InChI=1S/C13H14F3N3O2S/c1-8(21-7-13(14,15)16)11(20)17-18-12-19(2)9-5-3-4-6-10(9)22-12/h3-6,8H,7H2,1-2H3,(H,17,20). The summed E-state index contributed by atoms with van der Waals surface area (Å²) in [5, 5.41) is 3.93. The number of thiazole rings is 1. The van der Waals surface area contributed by atoms with Gasteiger partial charge in [-0.05, 0) is 19.1 Å². The summed E-state index contributed by atoms with van der Waals surface area (Å²) in [6.45, 7) is -0.236. The Labute approximate surface area is 128 Å². The quantitative estimate of drug-likeness (QED) is 0.872. The van der Waals surface area contributed by atoms with Crippen molar-refractivity contribution in [3.63, 3.8) is 0 Å². The summed E-state index contributed by atoms with van der Waals surface area (Å²) in [4.78, 5) is 12.2. The van der Waals surface area contributed by atoms with Crippen molar-refractivity contribution >= 4 is 27.5 Å². The van der Waals surface area contributed by atoms with Gasteiger partial charge in [0.2, 0.25) is 4.80 Å². The molecule has 120 valence electrons. The van der Waals surface area contributed by atoms with Crippen LogP contribution >= 0.6 is 11.3 Å². The van der Waals surface area contributed by atoms with Crippen LogP contribution in [0, 0.1) is 0 Å². The summed E-state index contributed by atoms with van der Waals surface area (Å²) in [5.41, 5.74) is 3.17. The van der Waals surface area contributed by atoms with Gasteiger partial charge in [-0.25, -0.2) is 5.43 Å². The van der Waals surface area contributed by atoms with E-state index in [2.05, 4.69) is 15.3 Å². The molecule has 1 aromatic heterocycles. The maximum absolute atomic E-state index is 12.0. The molecule has 0 aliphatic carbocycles. The van der Waals surface area contributed by atoms with Crippen molar-refractivity contribution < 1.29 is 22.7 Å². The average molecular weight is 333 g/mol. The Kier molecular flexibility index (Phi) is 4.87. The summed E-state index contributed by atoms with van der Waals surface area (Å²) >= 11 is 1.36. The lowest BCUT2D eigenvalue weighted by Gasteiger charge is -2.12. The molecule has 1 aromatic carbocycles. The van der Waals surface area contributed by atoms with Crippen molar-refractivity contribution in [1.82, 2.24) is 9.99 Å². The summed E-state index contributed by atoms with van der Waals surface area (Å²) in [6, 6.07) is 7.58. The van der Waals surface area contributed by atoms with Crippen LogP contribution in [0.25, 0.3) is 10.2 Å². The molecule has 1 N–H and O–H groups in total. The molecule has 0 saturated heterocycles. The molecule has 1 atom stereocenters. The lowest BCUT2D eigenvalue weighted by molar-refractivity contribution is -0.185. The van der Waals surface area contributed by atoms with Crippen molar-refractivity contribution in [2.75, 3.05) is 6.61 Å². The summed E-state index contributed by atoms with van der Waals surface area (Å²) in [7, 11) is 1.79. The van der Waals surface area contributed by atoms with Gasteiger partial charge >= 0.3 is 6.18 Å². The molecule has 2 aromatic rings. The zero-order valence-corrected chi connectivity index (χ0v) is 12.7. The van der Waals surface area contributed by atoms with Crippen LogP contribution < -0.4 is 10.2 Å². The average Bonchev–Trinajstić information content (AvgIpc) is 2.78. The van der Waals surface area contributed by atoms with Crippen molar-refractivity contribution in [3.05, 3.63) is 29.1 Å². The van der Waals surface area contributed by atoms with Crippen molar-refractivity contribution in [1.29, 1.82) is 0 Å². The number of benzene rings is 1. The van der Waals surface area contributed by atoms with Gasteiger partial charge in [0.05, 0.1) is 10.2 Å². The molecular formula is C13H14F3N3O2S.